The maximum atomic E-state index is 11.1. The van der Waals surface area contributed by atoms with Gasteiger partial charge in [0.1, 0.15) is 0 Å². The zero-order valence-corrected chi connectivity index (χ0v) is 15.8. The van der Waals surface area contributed by atoms with Crippen molar-refractivity contribution < 1.29 is 14.6 Å². The molecule has 0 radical (unpaired) electrons. The van der Waals surface area contributed by atoms with E-state index < -0.39 is 5.97 Å². The molecule has 1 saturated heterocycles. The van der Waals surface area contributed by atoms with E-state index in [0.717, 1.165) is 58.3 Å². The summed E-state index contributed by atoms with van der Waals surface area (Å²) in [5, 5.41) is 12.9. The summed E-state index contributed by atoms with van der Waals surface area (Å²) < 4.78 is 6.10. The average Bonchev–Trinajstić information content (AvgIpc) is 2.67. The first-order valence-electron chi connectivity index (χ1n) is 10.0. The lowest BCUT2D eigenvalue weighted by atomic mass is 9.85. The number of ether oxygens (including phenoxy) is 1. The average molecular weight is 360 g/mol. The first-order chi connectivity index (χ1) is 12.7. The van der Waals surface area contributed by atoms with Crippen molar-refractivity contribution in [1.29, 1.82) is 0 Å². The van der Waals surface area contributed by atoms with Gasteiger partial charge in [-0.15, -0.1) is 0 Å². The molecule has 144 valence electrons. The van der Waals surface area contributed by atoms with E-state index in [2.05, 4.69) is 47.5 Å². The summed E-state index contributed by atoms with van der Waals surface area (Å²) in [7, 11) is 0. The molecule has 2 aliphatic rings. The highest BCUT2D eigenvalue weighted by Gasteiger charge is 2.31. The van der Waals surface area contributed by atoms with E-state index in [9.17, 15) is 4.79 Å². The Balaban J connectivity index is 1.50. The van der Waals surface area contributed by atoms with Crippen LogP contribution in [0.4, 0.5) is 0 Å². The lowest BCUT2D eigenvalue weighted by molar-refractivity contribution is -0.143. The molecule has 1 saturated carbocycles. The van der Waals surface area contributed by atoms with Crippen LogP contribution in [0.2, 0.25) is 0 Å². The Morgan fingerprint density at radius 1 is 1.27 bits per heavy atom. The highest BCUT2D eigenvalue weighted by atomic mass is 16.5. The molecule has 1 aliphatic heterocycles. The van der Waals surface area contributed by atoms with E-state index in [1.54, 1.807) is 0 Å². The predicted molar refractivity (Wildman–Crippen MR) is 102 cm³/mol. The first kappa shape index (κ1) is 19.3. The number of nitrogens with zero attached hydrogens (tertiary/aromatic N) is 1. The third-order valence-corrected chi connectivity index (χ3v) is 5.84. The Labute approximate surface area is 156 Å². The van der Waals surface area contributed by atoms with Gasteiger partial charge in [0.2, 0.25) is 0 Å². The van der Waals surface area contributed by atoms with E-state index in [0.29, 0.717) is 12.1 Å². The van der Waals surface area contributed by atoms with Crippen molar-refractivity contribution >= 4 is 5.97 Å². The molecule has 0 bridgehead atoms. The van der Waals surface area contributed by atoms with Crippen molar-refractivity contribution in [3.05, 3.63) is 35.9 Å². The molecular weight excluding hydrogens is 328 g/mol. The molecule has 1 aromatic rings. The summed E-state index contributed by atoms with van der Waals surface area (Å²) in [5.74, 6) is -0.789. The standard InChI is InChI=1S/C21H32N2O3/c1-2-19(22-18-10-8-17(9-11-18)21(24)25)20-15-23(12-13-26-20)14-16-6-4-3-5-7-16/h3-7,17-20,22H,2,8-15H2,1H3,(H,24,25). The normalized spacial score (nSPS) is 28.6. The van der Waals surface area contributed by atoms with Gasteiger partial charge in [-0.2, -0.15) is 0 Å². The van der Waals surface area contributed by atoms with Crippen LogP contribution in [0.25, 0.3) is 0 Å². The van der Waals surface area contributed by atoms with Gasteiger partial charge >= 0.3 is 5.97 Å². The van der Waals surface area contributed by atoms with Crippen LogP contribution in [0.15, 0.2) is 30.3 Å². The van der Waals surface area contributed by atoms with Crippen LogP contribution < -0.4 is 5.32 Å². The zero-order valence-electron chi connectivity index (χ0n) is 15.8. The summed E-state index contributed by atoms with van der Waals surface area (Å²) in [5.41, 5.74) is 1.35. The van der Waals surface area contributed by atoms with Crippen LogP contribution in [-0.2, 0) is 16.1 Å². The van der Waals surface area contributed by atoms with Gasteiger partial charge in [0.15, 0.2) is 0 Å². The monoisotopic (exact) mass is 360 g/mol. The summed E-state index contributed by atoms with van der Waals surface area (Å²) in [4.78, 5) is 13.6. The largest absolute Gasteiger partial charge is 0.481 e. The zero-order chi connectivity index (χ0) is 18.4. The molecule has 1 aliphatic carbocycles. The van der Waals surface area contributed by atoms with E-state index in [-0.39, 0.29) is 12.0 Å². The number of morpholine rings is 1. The van der Waals surface area contributed by atoms with Gasteiger partial charge in [0, 0.05) is 31.7 Å². The van der Waals surface area contributed by atoms with E-state index in [4.69, 9.17) is 9.84 Å². The Bertz CT molecular complexity index is 558. The van der Waals surface area contributed by atoms with Crippen molar-refractivity contribution in [3.8, 4) is 0 Å². The maximum absolute atomic E-state index is 11.1. The topological polar surface area (TPSA) is 61.8 Å². The molecule has 0 spiro atoms. The van der Waals surface area contributed by atoms with Crippen LogP contribution in [0, 0.1) is 5.92 Å². The molecule has 2 N–H and O–H groups in total. The fourth-order valence-electron chi connectivity index (χ4n) is 4.26. The number of hydrogen-bond acceptors (Lipinski definition) is 4. The highest BCUT2D eigenvalue weighted by Crippen LogP contribution is 2.25. The molecule has 1 heterocycles. The van der Waals surface area contributed by atoms with Crippen LogP contribution in [0.3, 0.4) is 0 Å². The van der Waals surface area contributed by atoms with Crippen LogP contribution in [0.1, 0.15) is 44.6 Å². The second-order valence-electron chi connectivity index (χ2n) is 7.70. The fraction of sp³-hybridized carbons (Fsp3) is 0.667. The number of nitrogens with one attached hydrogen (secondary N) is 1. The van der Waals surface area contributed by atoms with E-state index >= 15 is 0 Å². The predicted octanol–water partition coefficient (Wildman–Crippen LogP) is 2.90. The molecule has 2 unspecified atom stereocenters. The lowest BCUT2D eigenvalue weighted by Gasteiger charge is -2.39. The number of carboxylic acids is 1. The Kier molecular flexibility index (Phi) is 7.06. The van der Waals surface area contributed by atoms with Crippen LogP contribution in [0.5, 0.6) is 0 Å². The van der Waals surface area contributed by atoms with Gasteiger partial charge in [-0.1, -0.05) is 37.3 Å². The second-order valence-corrected chi connectivity index (χ2v) is 7.70. The first-order valence-corrected chi connectivity index (χ1v) is 10.0. The molecule has 5 heteroatoms. The molecule has 2 fully saturated rings. The molecule has 1 aromatic carbocycles. The number of carbonyl (C=O) groups is 1. The van der Waals surface area contributed by atoms with Gasteiger partial charge in [0.25, 0.3) is 0 Å². The quantitative estimate of drug-likeness (QED) is 0.783. The molecule has 3 rings (SSSR count). The number of rotatable bonds is 7. The molecule has 2 atom stereocenters. The molecule has 5 nitrogen and oxygen atoms in total. The van der Waals surface area contributed by atoms with Crippen molar-refractivity contribution in [2.75, 3.05) is 19.7 Å². The minimum absolute atomic E-state index is 0.152. The highest BCUT2D eigenvalue weighted by molar-refractivity contribution is 5.70. The summed E-state index contributed by atoms with van der Waals surface area (Å²) in [6, 6.07) is 11.4. The number of benzene rings is 1. The Morgan fingerprint density at radius 3 is 2.65 bits per heavy atom. The van der Waals surface area contributed by atoms with Gasteiger partial charge in [-0.25, -0.2) is 0 Å². The summed E-state index contributed by atoms with van der Waals surface area (Å²) >= 11 is 0. The van der Waals surface area contributed by atoms with E-state index in [1.807, 2.05) is 0 Å². The molecule has 0 amide bonds. The third kappa shape index (κ3) is 5.29. The van der Waals surface area contributed by atoms with Crippen molar-refractivity contribution in [2.45, 2.75) is 63.8 Å². The fourth-order valence-corrected chi connectivity index (χ4v) is 4.26. The summed E-state index contributed by atoms with van der Waals surface area (Å²) in [6.45, 7) is 5.89. The number of carboxylic acid groups (broad SMARTS) is 1. The lowest BCUT2D eigenvalue weighted by Crippen LogP contribution is -2.54. The van der Waals surface area contributed by atoms with Crippen molar-refractivity contribution in [3.63, 3.8) is 0 Å². The smallest absolute Gasteiger partial charge is 0.306 e. The van der Waals surface area contributed by atoms with Crippen LogP contribution >= 0.6 is 0 Å². The maximum Gasteiger partial charge on any atom is 0.306 e. The van der Waals surface area contributed by atoms with Crippen molar-refractivity contribution in [1.82, 2.24) is 10.2 Å². The van der Waals surface area contributed by atoms with Gasteiger partial charge in [-0.05, 0) is 37.7 Å². The third-order valence-electron chi connectivity index (χ3n) is 5.84. The molecule has 0 aromatic heterocycles. The Morgan fingerprint density at radius 2 is 2.00 bits per heavy atom. The number of hydrogen-bond donors (Lipinski definition) is 2. The molecular formula is C21H32N2O3. The minimum atomic E-state index is -0.636. The molecule has 26 heavy (non-hydrogen) atoms. The number of aliphatic carboxylic acids is 1. The van der Waals surface area contributed by atoms with Gasteiger partial charge < -0.3 is 15.2 Å². The minimum Gasteiger partial charge on any atom is -0.481 e. The van der Waals surface area contributed by atoms with Crippen LogP contribution in [-0.4, -0.2) is 53.9 Å². The summed E-state index contributed by atoms with van der Waals surface area (Å²) in [6.07, 6.45) is 4.71. The SMILES string of the molecule is CCC(NC1CCC(C(=O)O)CC1)C1CN(Cc2ccccc2)CCO1. The van der Waals surface area contributed by atoms with E-state index in [1.165, 1.54) is 5.56 Å². The van der Waals surface area contributed by atoms with Gasteiger partial charge in [0.05, 0.1) is 18.6 Å². The Hall–Kier alpha value is -1.43. The van der Waals surface area contributed by atoms with Gasteiger partial charge in [-0.3, -0.25) is 9.69 Å². The van der Waals surface area contributed by atoms with Crippen molar-refractivity contribution in [2.24, 2.45) is 5.92 Å². The second kappa shape index (κ2) is 9.49.